The van der Waals surface area contributed by atoms with Gasteiger partial charge in [0, 0.05) is 46.5 Å². The Labute approximate surface area is 321 Å². The molecule has 55 heavy (non-hydrogen) atoms. The lowest BCUT2D eigenvalue weighted by molar-refractivity contribution is -0.384. The zero-order valence-corrected chi connectivity index (χ0v) is 31.1. The minimum atomic E-state index is -1.53. The molecule has 0 unspecified atom stereocenters. The predicted octanol–water partition coefficient (Wildman–Crippen LogP) is 7.45. The fourth-order valence-electron chi connectivity index (χ4n) is 9.54. The minimum Gasteiger partial charge on any atom is -0.505 e. The summed E-state index contributed by atoms with van der Waals surface area (Å²) in [6, 6.07) is 16.5. The molecule has 4 amide bonds. The van der Waals surface area contributed by atoms with E-state index >= 15 is 4.39 Å². The molecule has 12 nitrogen and oxygen atoms in total. The van der Waals surface area contributed by atoms with Gasteiger partial charge in [0.25, 0.3) is 5.69 Å². The molecule has 3 aromatic carbocycles. The highest BCUT2D eigenvalue weighted by molar-refractivity contribution is 7.22. The number of carbonyl (C=O) groups excluding carboxylic acids is 4. The Morgan fingerprint density at radius 3 is 2.47 bits per heavy atom. The quantitative estimate of drug-likeness (QED) is 0.0835. The number of carbonyl (C=O) groups is 4. The van der Waals surface area contributed by atoms with Gasteiger partial charge in [0.1, 0.15) is 11.5 Å². The van der Waals surface area contributed by atoms with Gasteiger partial charge in [-0.3, -0.25) is 38.9 Å². The number of amides is 4. The van der Waals surface area contributed by atoms with E-state index in [1.807, 2.05) is 25.1 Å². The maximum absolute atomic E-state index is 15.1. The van der Waals surface area contributed by atoms with E-state index in [-0.39, 0.29) is 35.6 Å². The molecular weight excluding hydrogens is 749 g/mol. The van der Waals surface area contributed by atoms with Crippen LogP contribution in [0.4, 0.5) is 21.6 Å². The van der Waals surface area contributed by atoms with Crippen LogP contribution in [0.15, 0.2) is 78.4 Å². The third-order valence-electron chi connectivity index (χ3n) is 12.1. The molecule has 0 radical (unpaired) electrons. The SMILES string of the molecule is Cc1c(-c2cc(N3C(=O)[C@@H]4C[C@@H]5C(=CC[C@@H]6C(=O)N(c7ccc([N+](=O)[O-])cc7)C(=O)[C@@H]65)[C@H](c5cccc(F)c5O)[C@]4(C)C3=O)n(C)n2)sc2ccc(Cl)cc12. The number of rotatable bonds is 5. The molecule has 1 N–H and O–H groups in total. The summed E-state index contributed by atoms with van der Waals surface area (Å²) in [6.07, 6.45) is 1.95. The molecule has 278 valence electrons. The number of para-hydroxylation sites is 1. The molecule has 3 fully saturated rings. The lowest BCUT2D eigenvalue weighted by Gasteiger charge is -2.49. The fraction of sp³-hybridized carbons (Fsp3) is 0.275. The predicted molar refractivity (Wildman–Crippen MR) is 202 cm³/mol. The zero-order chi connectivity index (χ0) is 38.8. The summed E-state index contributed by atoms with van der Waals surface area (Å²) in [5.74, 6) is -7.98. The molecule has 2 aliphatic heterocycles. The van der Waals surface area contributed by atoms with Crippen LogP contribution in [0.5, 0.6) is 5.75 Å². The molecule has 1 saturated carbocycles. The highest BCUT2D eigenvalue weighted by Gasteiger charge is 2.68. The molecule has 4 aliphatic rings. The van der Waals surface area contributed by atoms with Gasteiger partial charge < -0.3 is 5.11 Å². The van der Waals surface area contributed by atoms with Gasteiger partial charge >= 0.3 is 0 Å². The van der Waals surface area contributed by atoms with Crippen molar-refractivity contribution in [2.45, 2.75) is 32.6 Å². The molecule has 2 aliphatic carbocycles. The van der Waals surface area contributed by atoms with Crippen molar-refractivity contribution < 1.29 is 33.6 Å². The number of allylic oxidation sites excluding steroid dienone is 2. The number of thiophene rings is 1. The summed E-state index contributed by atoms with van der Waals surface area (Å²) in [6.45, 7) is 3.61. The van der Waals surface area contributed by atoms with Crippen molar-refractivity contribution in [3.8, 4) is 16.3 Å². The number of imide groups is 2. The number of hydrogen-bond donors (Lipinski definition) is 1. The van der Waals surface area contributed by atoms with E-state index in [9.17, 15) is 34.4 Å². The standard InChI is InChI=1S/C40H31ClFN5O7S/c1-18-25-15-19(41)7-14-30(25)55-35(18)29-17-31(44(3)43-29)46-37(50)27-16-26-22(33(40(27,2)39(46)52)24-5-4-6-28(42)34(24)48)12-13-23-32(26)38(51)45(36(23)49)20-8-10-21(11-9-20)47(53)54/h4-12,14-15,17,23,26-27,32-33,48H,13,16H2,1-3H3/t23-,26+,27-,32-,33+,40+/m0/s1. The second-order valence-electron chi connectivity index (χ2n) is 14.8. The molecule has 0 spiro atoms. The van der Waals surface area contributed by atoms with Crippen molar-refractivity contribution >= 4 is 73.8 Å². The third kappa shape index (κ3) is 4.83. The van der Waals surface area contributed by atoms with Crippen LogP contribution >= 0.6 is 22.9 Å². The van der Waals surface area contributed by atoms with E-state index in [2.05, 4.69) is 0 Å². The first kappa shape index (κ1) is 35.0. The monoisotopic (exact) mass is 779 g/mol. The highest BCUT2D eigenvalue weighted by atomic mass is 35.5. The molecule has 15 heteroatoms. The maximum atomic E-state index is 15.1. The summed E-state index contributed by atoms with van der Waals surface area (Å²) in [4.78, 5) is 71.7. The van der Waals surface area contributed by atoms with Gasteiger partial charge in [0.05, 0.1) is 38.7 Å². The van der Waals surface area contributed by atoms with Crippen molar-refractivity contribution in [1.29, 1.82) is 0 Å². The van der Waals surface area contributed by atoms with Crippen LogP contribution in [0.1, 0.15) is 36.8 Å². The van der Waals surface area contributed by atoms with Crippen LogP contribution in [0, 0.1) is 51.9 Å². The van der Waals surface area contributed by atoms with E-state index in [1.165, 1.54) is 52.4 Å². The van der Waals surface area contributed by atoms with Crippen LogP contribution < -0.4 is 9.80 Å². The van der Waals surface area contributed by atoms with Gasteiger partial charge in [-0.15, -0.1) is 11.3 Å². The minimum absolute atomic E-state index is 0.0329. The lowest BCUT2D eigenvalue weighted by Crippen LogP contribution is -2.49. The second-order valence-corrected chi connectivity index (χ2v) is 16.3. The van der Waals surface area contributed by atoms with Gasteiger partial charge in [-0.2, -0.15) is 5.10 Å². The lowest BCUT2D eigenvalue weighted by atomic mass is 9.51. The summed E-state index contributed by atoms with van der Waals surface area (Å²) in [5.41, 5.74) is 0.604. The topological polar surface area (TPSA) is 156 Å². The van der Waals surface area contributed by atoms with E-state index in [1.54, 1.807) is 26.1 Å². The van der Waals surface area contributed by atoms with Crippen molar-refractivity contribution in [1.82, 2.24) is 9.78 Å². The number of benzene rings is 3. The number of fused-ring (bicyclic) bond motifs is 5. The smallest absolute Gasteiger partial charge is 0.269 e. The Kier molecular flexibility index (Phi) is 7.72. The Hall–Kier alpha value is -5.73. The first-order valence-corrected chi connectivity index (χ1v) is 18.8. The highest BCUT2D eigenvalue weighted by Crippen LogP contribution is 2.64. The number of phenols is 1. The largest absolute Gasteiger partial charge is 0.505 e. The molecule has 4 heterocycles. The summed E-state index contributed by atoms with van der Waals surface area (Å²) in [7, 11) is 1.64. The van der Waals surface area contributed by atoms with E-state index in [4.69, 9.17) is 16.7 Å². The number of phenolic OH excluding ortho intramolecular Hbond substituents is 1. The Morgan fingerprint density at radius 1 is 1.00 bits per heavy atom. The van der Waals surface area contributed by atoms with Gasteiger partial charge in [-0.1, -0.05) is 35.4 Å². The molecule has 0 bridgehead atoms. The van der Waals surface area contributed by atoms with Crippen LogP contribution in [-0.4, -0.2) is 43.4 Å². The Balaban J connectivity index is 1.14. The number of aryl methyl sites for hydroxylation is 2. The number of aromatic hydroxyl groups is 1. The molecule has 2 saturated heterocycles. The average Bonchev–Trinajstić information content (AvgIpc) is 3.83. The summed E-state index contributed by atoms with van der Waals surface area (Å²) >= 11 is 7.79. The van der Waals surface area contributed by atoms with Crippen LogP contribution in [-0.2, 0) is 26.2 Å². The van der Waals surface area contributed by atoms with Crippen LogP contribution in [0.25, 0.3) is 20.7 Å². The van der Waals surface area contributed by atoms with Gasteiger partial charge in [0.15, 0.2) is 11.6 Å². The number of nitro benzene ring substituents is 1. The normalized spacial score (nSPS) is 26.1. The van der Waals surface area contributed by atoms with Gasteiger partial charge in [-0.05, 0) is 80.0 Å². The van der Waals surface area contributed by atoms with Gasteiger partial charge in [-0.25, -0.2) is 9.29 Å². The number of halogens is 2. The number of nitrogens with zero attached hydrogens (tertiary/aromatic N) is 5. The van der Waals surface area contributed by atoms with Crippen molar-refractivity contribution in [2.24, 2.45) is 36.1 Å². The van der Waals surface area contributed by atoms with E-state index in [0.29, 0.717) is 16.3 Å². The van der Waals surface area contributed by atoms with Gasteiger partial charge in [0.2, 0.25) is 23.6 Å². The first-order chi connectivity index (χ1) is 26.2. The van der Waals surface area contributed by atoms with E-state index < -0.39 is 75.1 Å². The number of nitro groups is 1. The molecule has 9 rings (SSSR count). The first-order valence-electron chi connectivity index (χ1n) is 17.6. The van der Waals surface area contributed by atoms with Crippen molar-refractivity contribution in [2.75, 3.05) is 9.80 Å². The van der Waals surface area contributed by atoms with E-state index in [0.717, 1.165) is 36.4 Å². The van der Waals surface area contributed by atoms with Crippen LogP contribution in [0.3, 0.4) is 0 Å². The molecular formula is C40H31ClFN5O7S. The number of aromatic nitrogens is 2. The Bertz CT molecular complexity index is 2600. The fourth-order valence-corrected chi connectivity index (χ4v) is 10.9. The second kappa shape index (κ2) is 12.1. The number of non-ortho nitro benzene ring substituents is 1. The molecule has 5 aromatic rings. The zero-order valence-electron chi connectivity index (χ0n) is 29.5. The Morgan fingerprint density at radius 2 is 1.75 bits per heavy atom. The third-order valence-corrected chi connectivity index (χ3v) is 13.7. The average molecular weight is 780 g/mol. The van der Waals surface area contributed by atoms with Crippen molar-refractivity contribution in [3.05, 3.63) is 110 Å². The van der Waals surface area contributed by atoms with Crippen LogP contribution in [0.2, 0.25) is 5.02 Å². The molecule has 2 aromatic heterocycles. The summed E-state index contributed by atoms with van der Waals surface area (Å²) < 4.78 is 17.6. The maximum Gasteiger partial charge on any atom is 0.269 e. The molecule has 6 atom stereocenters. The number of hydrogen-bond acceptors (Lipinski definition) is 9. The van der Waals surface area contributed by atoms with Crippen molar-refractivity contribution in [3.63, 3.8) is 0 Å². The number of anilines is 2. The summed E-state index contributed by atoms with van der Waals surface area (Å²) in [5, 5.41) is 28.8.